The van der Waals surface area contributed by atoms with Gasteiger partial charge in [-0.2, -0.15) is 0 Å². The summed E-state index contributed by atoms with van der Waals surface area (Å²) in [6, 6.07) is 0. The number of rotatable bonds is 2. The fourth-order valence-electron chi connectivity index (χ4n) is 4.12. The lowest BCUT2D eigenvalue weighted by molar-refractivity contribution is 0.0545. The Morgan fingerprint density at radius 2 is 2.00 bits per heavy atom. The summed E-state index contributed by atoms with van der Waals surface area (Å²) in [7, 11) is 0. The highest BCUT2D eigenvalue weighted by atomic mass is 14.5. The largest absolute Gasteiger partial charge is 0.0885 e. The van der Waals surface area contributed by atoms with E-state index < -0.39 is 0 Å². The van der Waals surface area contributed by atoms with Gasteiger partial charge in [0.2, 0.25) is 0 Å². The van der Waals surface area contributed by atoms with Crippen LogP contribution in [0.4, 0.5) is 0 Å². The van der Waals surface area contributed by atoms with Crippen LogP contribution < -0.4 is 0 Å². The molecule has 2 unspecified atom stereocenters. The molecule has 2 atom stereocenters. The average Bonchev–Trinajstić information content (AvgIpc) is 2.18. The number of hydrogen-bond donors (Lipinski definition) is 0. The molecule has 1 saturated carbocycles. The molecule has 0 bridgehead atoms. The zero-order valence-corrected chi connectivity index (χ0v) is 10.5. The molecular formula is C15H26. The highest BCUT2D eigenvalue weighted by molar-refractivity contribution is 5.02. The lowest BCUT2D eigenvalue weighted by Crippen LogP contribution is -2.35. The van der Waals surface area contributed by atoms with E-state index in [1.54, 1.807) is 0 Å². The fourth-order valence-corrected chi connectivity index (χ4v) is 4.12. The van der Waals surface area contributed by atoms with Gasteiger partial charge in [0, 0.05) is 0 Å². The molecule has 0 heterocycles. The predicted molar refractivity (Wildman–Crippen MR) is 66.9 cm³/mol. The zero-order valence-electron chi connectivity index (χ0n) is 10.5. The molecule has 86 valence electrons. The molecule has 0 aromatic carbocycles. The van der Waals surface area contributed by atoms with Crippen molar-refractivity contribution in [2.24, 2.45) is 10.8 Å². The minimum absolute atomic E-state index is 0.665. The van der Waals surface area contributed by atoms with Crippen LogP contribution in [-0.4, -0.2) is 0 Å². The maximum Gasteiger partial charge on any atom is -0.0255 e. The Bertz CT molecular complexity index is 236. The Morgan fingerprint density at radius 1 is 1.13 bits per heavy atom. The van der Waals surface area contributed by atoms with Crippen LogP contribution in [0.3, 0.4) is 0 Å². The Kier molecular flexibility index (Phi) is 3.23. The van der Waals surface area contributed by atoms with Crippen molar-refractivity contribution in [1.29, 1.82) is 0 Å². The summed E-state index contributed by atoms with van der Waals surface area (Å²) in [6.45, 7) is 4.88. The smallest absolute Gasteiger partial charge is 0.0255 e. The summed E-state index contributed by atoms with van der Waals surface area (Å²) in [5, 5.41) is 0. The van der Waals surface area contributed by atoms with E-state index in [1.807, 2.05) is 0 Å². The van der Waals surface area contributed by atoms with Crippen molar-refractivity contribution in [2.75, 3.05) is 0 Å². The standard InChI is InChI=1S/C15H26/c1-3-8-14(2)9-7-12-15(13-14)10-5-4-6-11-15/h4-5H,3,6-13H2,1-2H3. The van der Waals surface area contributed by atoms with Crippen LogP contribution in [0.2, 0.25) is 0 Å². The molecule has 2 aliphatic carbocycles. The summed E-state index contributed by atoms with van der Waals surface area (Å²) in [4.78, 5) is 0. The van der Waals surface area contributed by atoms with Crippen molar-refractivity contribution in [3.63, 3.8) is 0 Å². The third kappa shape index (κ3) is 2.46. The van der Waals surface area contributed by atoms with Crippen LogP contribution in [0.15, 0.2) is 12.2 Å². The van der Waals surface area contributed by atoms with Crippen LogP contribution in [0.1, 0.15) is 71.6 Å². The van der Waals surface area contributed by atoms with Gasteiger partial charge in [0.15, 0.2) is 0 Å². The van der Waals surface area contributed by atoms with Crippen LogP contribution in [0.25, 0.3) is 0 Å². The maximum atomic E-state index is 2.54. The zero-order chi connectivity index (χ0) is 10.8. The Labute approximate surface area is 95.1 Å². The fraction of sp³-hybridized carbons (Fsp3) is 0.867. The molecule has 0 heteroatoms. The molecule has 1 fully saturated rings. The minimum atomic E-state index is 0.665. The quantitative estimate of drug-likeness (QED) is 0.552. The third-order valence-electron chi connectivity index (χ3n) is 4.70. The molecule has 0 amide bonds. The van der Waals surface area contributed by atoms with Crippen molar-refractivity contribution in [2.45, 2.75) is 71.6 Å². The summed E-state index contributed by atoms with van der Waals surface area (Å²) in [5.41, 5.74) is 1.37. The minimum Gasteiger partial charge on any atom is -0.0885 e. The molecule has 1 spiro atoms. The first-order valence-corrected chi connectivity index (χ1v) is 6.83. The summed E-state index contributed by atoms with van der Waals surface area (Å²) < 4.78 is 0. The molecule has 0 aromatic heterocycles. The third-order valence-corrected chi connectivity index (χ3v) is 4.70. The Hall–Kier alpha value is -0.260. The SMILES string of the molecule is CCCC1(C)CCCC2(CC=CCC2)C1. The first-order valence-electron chi connectivity index (χ1n) is 6.83. The van der Waals surface area contributed by atoms with E-state index in [0.717, 1.165) is 0 Å². The highest BCUT2D eigenvalue weighted by Crippen LogP contribution is 2.53. The van der Waals surface area contributed by atoms with Gasteiger partial charge in [0.05, 0.1) is 0 Å². The predicted octanol–water partition coefficient (Wildman–Crippen LogP) is 5.09. The van der Waals surface area contributed by atoms with E-state index in [-0.39, 0.29) is 0 Å². The first kappa shape index (κ1) is 11.2. The van der Waals surface area contributed by atoms with Gasteiger partial charge in [0.1, 0.15) is 0 Å². The molecule has 0 nitrogen and oxygen atoms in total. The van der Waals surface area contributed by atoms with Gasteiger partial charge in [0.25, 0.3) is 0 Å². The van der Waals surface area contributed by atoms with E-state index in [4.69, 9.17) is 0 Å². The van der Waals surface area contributed by atoms with Gasteiger partial charge < -0.3 is 0 Å². The van der Waals surface area contributed by atoms with E-state index in [0.29, 0.717) is 10.8 Å². The van der Waals surface area contributed by atoms with Crippen molar-refractivity contribution >= 4 is 0 Å². The molecule has 0 radical (unpaired) electrons. The number of hydrogen-bond acceptors (Lipinski definition) is 0. The second-order valence-corrected chi connectivity index (χ2v) is 6.31. The molecule has 15 heavy (non-hydrogen) atoms. The Morgan fingerprint density at radius 3 is 2.67 bits per heavy atom. The second-order valence-electron chi connectivity index (χ2n) is 6.31. The van der Waals surface area contributed by atoms with Gasteiger partial charge in [-0.3, -0.25) is 0 Å². The summed E-state index contributed by atoms with van der Waals surface area (Å²) in [5.74, 6) is 0. The molecule has 0 N–H and O–H groups in total. The van der Waals surface area contributed by atoms with Crippen LogP contribution in [0, 0.1) is 10.8 Å². The first-order chi connectivity index (χ1) is 7.18. The van der Waals surface area contributed by atoms with Crippen LogP contribution in [-0.2, 0) is 0 Å². The van der Waals surface area contributed by atoms with Crippen molar-refractivity contribution < 1.29 is 0 Å². The van der Waals surface area contributed by atoms with Gasteiger partial charge in [-0.15, -0.1) is 0 Å². The normalized spacial score (nSPS) is 40.9. The topological polar surface area (TPSA) is 0 Å². The lowest BCUT2D eigenvalue weighted by atomic mass is 9.58. The van der Waals surface area contributed by atoms with E-state index >= 15 is 0 Å². The van der Waals surface area contributed by atoms with E-state index in [2.05, 4.69) is 26.0 Å². The van der Waals surface area contributed by atoms with Crippen molar-refractivity contribution in [1.82, 2.24) is 0 Å². The van der Waals surface area contributed by atoms with Crippen LogP contribution in [0.5, 0.6) is 0 Å². The molecule has 0 saturated heterocycles. The second kappa shape index (κ2) is 4.31. The molecule has 2 rings (SSSR count). The van der Waals surface area contributed by atoms with Gasteiger partial charge in [-0.05, 0) is 55.8 Å². The average molecular weight is 206 g/mol. The summed E-state index contributed by atoms with van der Waals surface area (Å²) >= 11 is 0. The van der Waals surface area contributed by atoms with E-state index in [1.165, 1.54) is 57.8 Å². The molecular weight excluding hydrogens is 180 g/mol. The molecule has 0 aromatic rings. The highest BCUT2D eigenvalue weighted by Gasteiger charge is 2.41. The monoisotopic (exact) mass is 206 g/mol. The maximum absolute atomic E-state index is 2.54. The van der Waals surface area contributed by atoms with Crippen LogP contribution >= 0.6 is 0 Å². The summed E-state index contributed by atoms with van der Waals surface area (Å²) in [6.07, 6.45) is 17.8. The van der Waals surface area contributed by atoms with Crippen molar-refractivity contribution in [3.8, 4) is 0 Å². The van der Waals surface area contributed by atoms with Gasteiger partial charge >= 0.3 is 0 Å². The molecule has 0 aliphatic heterocycles. The van der Waals surface area contributed by atoms with E-state index in [9.17, 15) is 0 Å². The molecule has 2 aliphatic rings. The van der Waals surface area contributed by atoms with Gasteiger partial charge in [-0.1, -0.05) is 38.8 Å². The Balaban J connectivity index is 2.05. The van der Waals surface area contributed by atoms with Crippen molar-refractivity contribution in [3.05, 3.63) is 12.2 Å². The van der Waals surface area contributed by atoms with Gasteiger partial charge in [-0.25, -0.2) is 0 Å². The lowest BCUT2D eigenvalue weighted by Gasteiger charge is -2.47. The number of allylic oxidation sites excluding steroid dienone is 2.